The molecule has 2 aromatic rings. The summed E-state index contributed by atoms with van der Waals surface area (Å²) in [5.74, 6) is 0.0964. The van der Waals surface area contributed by atoms with Crippen LogP contribution in [0.15, 0.2) is 28.8 Å². The third-order valence-corrected chi connectivity index (χ3v) is 5.39. The Morgan fingerprint density at radius 2 is 2.04 bits per heavy atom. The van der Waals surface area contributed by atoms with Crippen LogP contribution in [0.4, 0.5) is 4.39 Å². The Morgan fingerprint density at radius 3 is 2.70 bits per heavy atom. The van der Waals surface area contributed by atoms with Gasteiger partial charge in [-0.15, -0.1) is 0 Å². The van der Waals surface area contributed by atoms with Crippen molar-refractivity contribution < 1.29 is 18.5 Å². The first-order chi connectivity index (χ1) is 12.9. The van der Waals surface area contributed by atoms with Gasteiger partial charge >= 0.3 is 0 Å². The van der Waals surface area contributed by atoms with Crippen molar-refractivity contribution in [2.45, 2.75) is 39.3 Å². The predicted molar refractivity (Wildman–Crippen MR) is 96.0 cm³/mol. The van der Waals surface area contributed by atoms with Gasteiger partial charge in [0.15, 0.2) is 5.76 Å². The van der Waals surface area contributed by atoms with E-state index in [1.165, 1.54) is 12.1 Å². The summed E-state index contributed by atoms with van der Waals surface area (Å²) >= 11 is 0. The van der Waals surface area contributed by atoms with Crippen molar-refractivity contribution in [3.63, 3.8) is 0 Å². The predicted octanol–water partition coefficient (Wildman–Crippen LogP) is 2.62. The van der Waals surface area contributed by atoms with E-state index in [9.17, 15) is 14.0 Å². The third-order valence-electron chi connectivity index (χ3n) is 5.39. The average Bonchev–Trinajstić information content (AvgIpc) is 3.25. The van der Waals surface area contributed by atoms with Gasteiger partial charge in [-0.1, -0.05) is 5.16 Å². The Hall–Kier alpha value is -2.70. The van der Waals surface area contributed by atoms with Crippen LogP contribution >= 0.6 is 0 Å². The van der Waals surface area contributed by atoms with Gasteiger partial charge in [-0.25, -0.2) is 4.39 Å². The summed E-state index contributed by atoms with van der Waals surface area (Å²) in [4.78, 5) is 28.5. The van der Waals surface area contributed by atoms with E-state index in [2.05, 4.69) is 5.16 Å². The Balaban J connectivity index is 1.49. The number of hydrogen-bond donors (Lipinski definition) is 0. The summed E-state index contributed by atoms with van der Waals surface area (Å²) in [6.45, 7) is 5.35. The highest BCUT2D eigenvalue weighted by Crippen LogP contribution is 2.31. The normalized spacial score (nSPS) is 19.7. The van der Waals surface area contributed by atoms with E-state index in [4.69, 9.17) is 4.52 Å². The minimum Gasteiger partial charge on any atom is -0.356 e. The maximum atomic E-state index is 13.1. The highest BCUT2D eigenvalue weighted by atomic mass is 19.1. The molecule has 0 radical (unpaired) electrons. The number of hydrogen-bond acceptors (Lipinski definition) is 4. The van der Waals surface area contributed by atoms with Gasteiger partial charge in [-0.2, -0.15) is 0 Å². The fourth-order valence-corrected chi connectivity index (χ4v) is 3.90. The molecule has 27 heavy (non-hydrogen) atoms. The van der Waals surface area contributed by atoms with Crippen LogP contribution in [0.3, 0.4) is 0 Å². The third kappa shape index (κ3) is 3.22. The Morgan fingerprint density at radius 1 is 1.30 bits per heavy atom. The molecule has 0 N–H and O–H groups in total. The number of fused-ring (bicyclic) bond motifs is 1. The highest BCUT2D eigenvalue weighted by Gasteiger charge is 2.38. The second-order valence-electron chi connectivity index (χ2n) is 7.49. The molecule has 1 unspecified atom stereocenters. The maximum absolute atomic E-state index is 13.1. The van der Waals surface area contributed by atoms with E-state index in [0.29, 0.717) is 31.8 Å². The SMILES string of the molecule is CC(C)N1CC(C(=O)N2CCc3c(noc3-c3ccc(F)cc3)C2)CC1=O. The molecule has 6 nitrogen and oxygen atoms in total. The van der Waals surface area contributed by atoms with Crippen LogP contribution in [0.2, 0.25) is 0 Å². The van der Waals surface area contributed by atoms with Gasteiger partial charge in [0.25, 0.3) is 0 Å². The lowest BCUT2D eigenvalue weighted by molar-refractivity contribution is -0.136. The molecule has 0 saturated carbocycles. The molecule has 7 heteroatoms. The van der Waals surface area contributed by atoms with E-state index in [1.807, 2.05) is 13.8 Å². The van der Waals surface area contributed by atoms with Gasteiger partial charge in [-0.3, -0.25) is 9.59 Å². The average molecular weight is 371 g/mol. The van der Waals surface area contributed by atoms with Crippen LogP contribution in [0.1, 0.15) is 31.5 Å². The van der Waals surface area contributed by atoms with Crippen molar-refractivity contribution in [2.75, 3.05) is 13.1 Å². The first kappa shape index (κ1) is 17.7. The van der Waals surface area contributed by atoms with E-state index < -0.39 is 0 Å². The van der Waals surface area contributed by atoms with E-state index >= 15 is 0 Å². The smallest absolute Gasteiger partial charge is 0.228 e. The largest absolute Gasteiger partial charge is 0.356 e. The number of halogens is 1. The molecule has 0 bridgehead atoms. The molecule has 142 valence electrons. The lowest BCUT2D eigenvalue weighted by atomic mass is 9.99. The summed E-state index contributed by atoms with van der Waals surface area (Å²) in [5, 5.41) is 4.13. The fraction of sp³-hybridized carbons (Fsp3) is 0.450. The second kappa shape index (κ2) is 6.79. The number of rotatable bonds is 3. The van der Waals surface area contributed by atoms with Crippen LogP contribution in [-0.4, -0.2) is 45.9 Å². The van der Waals surface area contributed by atoms with Crippen LogP contribution < -0.4 is 0 Å². The topological polar surface area (TPSA) is 66.7 Å². The van der Waals surface area contributed by atoms with Crippen molar-refractivity contribution in [1.29, 1.82) is 0 Å². The van der Waals surface area contributed by atoms with Crippen molar-refractivity contribution in [2.24, 2.45) is 5.92 Å². The molecule has 1 atom stereocenters. The molecular formula is C20H22FN3O3. The first-order valence-electron chi connectivity index (χ1n) is 9.25. The van der Waals surface area contributed by atoms with E-state index in [1.54, 1.807) is 21.9 Å². The lowest BCUT2D eigenvalue weighted by Gasteiger charge is -2.28. The molecule has 1 fully saturated rings. The fourth-order valence-electron chi connectivity index (χ4n) is 3.90. The molecule has 4 rings (SSSR count). The molecular weight excluding hydrogens is 349 g/mol. The van der Waals surface area contributed by atoms with Gasteiger partial charge in [0.1, 0.15) is 11.5 Å². The quantitative estimate of drug-likeness (QED) is 0.832. The second-order valence-corrected chi connectivity index (χ2v) is 7.49. The minimum absolute atomic E-state index is 0.00322. The number of benzene rings is 1. The summed E-state index contributed by atoms with van der Waals surface area (Å²) in [7, 11) is 0. The Labute approximate surface area is 156 Å². The highest BCUT2D eigenvalue weighted by molar-refractivity contribution is 5.89. The number of carbonyl (C=O) groups is 2. The first-order valence-corrected chi connectivity index (χ1v) is 9.25. The van der Waals surface area contributed by atoms with Gasteiger partial charge in [0.2, 0.25) is 11.8 Å². The number of aromatic nitrogens is 1. The number of nitrogens with zero attached hydrogens (tertiary/aromatic N) is 3. The molecule has 1 aromatic carbocycles. The Kier molecular flexibility index (Phi) is 4.45. The number of amides is 2. The van der Waals surface area contributed by atoms with Crippen molar-refractivity contribution in [1.82, 2.24) is 15.0 Å². The van der Waals surface area contributed by atoms with Gasteiger partial charge in [0, 0.05) is 36.7 Å². The van der Waals surface area contributed by atoms with Crippen molar-refractivity contribution >= 4 is 11.8 Å². The van der Waals surface area contributed by atoms with Gasteiger partial charge < -0.3 is 14.3 Å². The van der Waals surface area contributed by atoms with Gasteiger partial charge in [-0.05, 0) is 44.5 Å². The molecule has 2 aliphatic heterocycles. The zero-order valence-electron chi connectivity index (χ0n) is 15.4. The molecule has 0 spiro atoms. The standard InChI is InChI=1S/C20H22FN3O3/c1-12(2)24-10-14(9-18(24)25)20(26)23-8-7-16-17(11-23)22-27-19(16)13-3-5-15(21)6-4-13/h3-6,12,14H,7-11H2,1-2H3. The summed E-state index contributed by atoms with van der Waals surface area (Å²) in [6, 6.07) is 6.22. The monoisotopic (exact) mass is 371 g/mol. The zero-order chi connectivity index (χ0) is 19.1. The molecule has 3 heterocycles. The van der Waals surface area contributed by atoms with E-state index in [-0.39, 0.29) is 36.0 Å². The molecule has 2 aliphatic rings. The summed E-state index contributed by atoms with van der Waals surface area (Å²) in [6.07, 6.45) is 0.909. The van der Waals surface area contributed by atoms with Crippen LogP contribution in [0, 0.1) is 11.7 Å². The van der Waals surface area contributed by atoms with Gasteiger partial charge in [0.05, 0.1) is 12.5 Å². The molecule has 1 aromatic heterocycles. The Bertz CT molecular complexity index is 875. The van der Waals surface area contributed by atoms with E-state index in [0.717, 1.165) is 16.8 Å². The maximum Gasteiger partial charge on any atom is 0.228 e. The summed E-state index contributed by atoms with van der Waals surface area (Å²) < 4.78 is 18.6. The summed E-state index contributed by atoms with van der Waals surface area (Å²) in [5.41, 5.74) is 2.48. The zero-order valence-corrected chi connectivity index (χ0v) is 15.4. The van der Waals surface area contributed by atoms with Crippen molar-refractivity contribution in [3.8, 4) is 11.3 Å². The van der Waals surface area contributed by atoms with Crippen LogP contribution in [0.5, 0.6) is 0 Å². The minimum atomic E-state index is -0.301. The van der Waals surface area contributed by atoms with Crippen LogP contribution in [0.25, 0.3) is 11.3 Å². The number of likely N-dealkylation sites (tertiary alicyclic amines) is 1. The lowest BCUT2D eigenvalue weighted by Crippen LogP contribution is -2.41. The molecule has 2 amide bonds. The molecule has 1 saturated heterocycles. The number of carbonyl (C=O) groups excluding carboxylic acids is 2. The van der Waals surface area contributed by atoms with Crippen molar-refractivity contribution in [3.05, 3.63) is 41.3 Å². The molecule has 0 aliphatic carbocycles. The van der Waals surface area contributed by atoms with Crippen LogP contribution in [-0.2, 0) is 22.6 Å².